The van der Waals surface area contributed by atoms with Gasteiger partial charge in [-0.1, -0.05) is 0 Å². The van der Waals surface area contributed by atoms with Crippen LogP contribution in [0.15, 0.2) is 0 Å². The van der Waals surface area contributed by atoms with Crippen LogP contribution in [0.4, 0.5) is 0 Å². The Balaban J connectivity index is -0.0000000171. The third kappa shape index (κ3) is 138. The van der Waals surface area contributed by atoms with Crippen molar-refractivity contribution in [1.29, 1.82) is 0 Å². The van der Waals surface area contributed by atoms with Gasteiger partial charge in [0, 0.05) is 26.2 Å². The Kier molecular flexibility index (Phi) is 133. The first-order valence-electron chi connectivity index (χ1n) is 2.63. The van der Waals surface area contributed by atoms with Gasteiger partial charge in [0.05, 0.1) is 0 Å². The fraction of sp³-hybridized carbons (Fsp3) is 1.00. The van der Waals surface area contributed by atoms with E-state index in [1.54, 1.807) is 0 Å². The molecule has 76 valence electrons. The van der Waals surface area contributed by atoms with Gasteiger partial charge in [0.2, 0.25) is 0 Å². The fourth-order valence-corrected chi connectivity index (χ4v) is 0. The van der Waals surface area contributed by atoms with Gasteiger partial charge in [0.1, 0.15) is 0 Å². The number of nitrogens with two attached hydrogens (primary N) is 4. The largest absolute Gasteiger partial charge is 2.00 e. The average Bonchev–Trinajstić information content (AvgIpc) is 1.88. The van der Waals surface area contributed by atoms with E-state index in [2.05, 4.69) is 0 Å². The van der Waals surface area contributed by atoms with Crippen LogP contribution in [0.1, 0.15) is 0 Å². The van der Waals surface area contributed by atoms with Crippen LogP contribution < -0.4 is 22.9 Å². The van der Waals surface area contributed by atoms with Gasteiger partial charge in [-0.25, -0.2) is 0 Å². The summed E-state index contributed by atoms with van der Waals surface area (Å²) in [5.74, 6) is 0. The number of rotatable bonds is 2. The molecular weight excluding hydrogens is 195 g/mol. The van der Waals surface area contributed by atoms with Crippen molar-refractivity contribution in [2.45, 2.75) is 0 Å². The Morgan fingerprint density at radius 1 is 0.545 bits per heavy atom. The van der Waals surface area contributed by atoms with E-state index in [4.69, 9.17) is 22.9 Å². The van der Waals surface area contributed by atoms with Gasteiger partial charge < -0.3 is 33.9 Å². The zero-order valence-electron chi connectivity index (χ0n) is 6.45. The summed E-state index contributed by atoms with van der Waals surface area (Å²) in [6.07, 6.45) is 0. The average molecular weight is 215 g/mol. The van der Waals surface area contributed by atoms with E-state index in [1.165, 1.54) is 0 Å². The molecule has 0 heterocycles. The molecule has 0 bridgehead atoms. The van der Waals surface area contributed by atoms with Crippen LogP contribution in [-0.2, 0) is 16.5 Å². The second-order valence-corrected chi connectivity index (χ2v) is 1.15. The third-order valence-electron chi connectivity index (χ3n) is 0.333. The molecule has 0 aromatic carbocycles. The molecule has 0 aliphatic carbocycles. The van der Waals surface area contributed by atoms with Crippen molar-refractivity contribution in [3.63, 3.8) is 0 Å². The molecule has 12 N–H and O–H groups in total. The molecule has 0 saturated carbocycles. The predicted molar refractivity (Wildman–Crippen MR) is 43.4 cm³/mol. The molecule has 0 aliphatic heterocycles. The molecular formula is C4H20N4NiO2+2. The maximum atomic E-state index is 4.90. The van der Waals surface area contributed by atoms with Crippen LogP contribution in [0, 0.1) is 0 Å². The predicted octanol–water partition coefficient (Wildman–Crippen LogP) is -3.84. The van der Waals surface area contributed by atoms with E-state index >= 15 is 0 Å². The van der Waals surface area contributed by atoms with Gasteiger partial charge in [0.15, 0.2) is 0 Å². The second-order valence-electron chi connectivity index (χ2n) is 1.15. The smallest absolute Gasteiger partial charge is 0.412 e. The number of hydrogen-bond donors (Lipinski definition) is 4. The van der Waals surface area contributed by atoms with Crippen molar-refractivity contribution >= 4 is 0 Å². The molecule has 0 aromatic rings. The molecule has 0 aliphatic rings. The molecule has 0 spiro atoms. The Morgan fingerprint density at radius 2 is 0.636 bits per heavy atom. The molecule has 0 radical (unpaired) electrons. The molecule has 0 aromatic heterocycles. The van der Waals surface area contributed by atoms with E-state index in [9.17, 15) is 0 Å². The van der Waals surface area contributed by atoms with Crippen LogP contribution in [0.5, 0.6) is 0 Å². The third-order valence-corrected chi connectivity index (χ3v) is 0.333. The maximum absolute atomic E-state index is 4.90. The van der Waals surface area contributed by atoms with Crippen molar-refractivity contribution in [2.75, 3.05) is 26.2 Å². The summed E-state index contributed by atoms with van der Waals surface area (Å²) >= 11 is 0. The minimum absolute atomic E-state index is 0. The van der Waals surface area contributed by atoms with Gasteiger partial charge in [-0.05, 0) is 0 Å². The number of hydrogen-bond acceptors (Lipinski definition) is 4. The maximum Gasteiger partial charge on any atom is 2.00 e. The van der Waals surface area contributed by atoms with Crippen molar-refractivity contribution in [2.24, 2.45) is 22.9 Å². The topological polar surface area (TPSA) is 167 Å². The second kappa shape index (κ2) is 48.5. The summed E-state index contributed by atoms with van der Waals surface area (Å²) in [5.41, 5.74) is 19.6. The van der Waals surface area contributed by atoms with E-state index in [0.717, 1.165) is 0 Å². The first-order chi connectivity index (χ1) is 3.83. The van der Waals surface area contributed by atoms with Gasteiger partial charge in [-0.15, -0.1) is 0 Å². The molecule has 7 heteroatoms. The first-order valence-corrected chi connectivity index (χ1v) is 2.63. The van der Waals surface area contributed by atoms with Crippen LogP contribution in [0.2, 0.25) is 0 Å². The van der Waals surface area contributed by atoms with E-state index < -0.39 is 0 Å². The Labute approximate surface area is 77.2 Å². The van der Waals surface area contributed by atoms with Crippen LogP contribution in [0.3, 0.4) is 0 Å². The zero-order valence-corrected chi connectivity index (χ0v) is 7.44. The molecule has 0 amide bonds. The van der Waals surface area contributed by atoms with Crippen molar-refractivity contribution in [3.8, 4) is 0 Å². The van der Waals surface area contributed by atoms with E-state index in [0.29, 0.717) is 26.2 Å². The van der Waals surface area contributed by atoms with Gasteiger partial charge in [-0.3, -0.25) is 0 Å². The molecule has 11 heavy (non-hydrogen) atoms. The first kappa shape index (κ1) is 30.3. The molecule has 0 saturated heterocycles. The minimum Gasteiger partial charge on any atom is -0.412 e. The summed E-state index contributed by atoms with van der Waals surface area (Å²) in [7, 11) is 0. The Hall–Kier alpha value is 0.254. The van der Waals surface area contributed by atoms with Crippen LogP contribution in [-0.4, -0.2) is 37.1 Å². The van der Waals surface area contributed by atoms with Gasteiger partial charge >= 0.3 is 16.5 Å². The molecule has 0 unspecified atom stereocenters. The molecule has 0 rings (SSSR count). The zero-order chi connectivity index (χ0) is 6.83. The molecule has 0 fully saturated rings. The standard InChI is InChI=1S/2C2H8N2.Ni.2H2O/c2*3-1-2-4;;;/h2*1-4H2;;2*1H2/q;;+2;;. The summed E-state index contributed by atoms with van der Waals surface area (Å²) in [4.78, 5) is 0. The van der Waals surface area contributed by atoms with Crippen molar-refractivity contribution in [1.82, 2.24) is 0 Å². The van der Waals surface area contributed by atoms with Crippen molar-refractivity contribution < 1.29 is 27.4 Å². The van der Waals surface area contributed by atoms with E-state index in [-0.39, 0.29) is 27.4 Å². The van der Waals surface area contributed by atoms with Crippen molar-refractivity contribution in [3.05, 3.63) is 0 Å². The summed E-state index contributed by atoms with van der Waals surface area (Å²) in [6, 6.07) is 0. The SMILES string of the molecule is NCCN.NCCN.O.O.[Ni+2]. The van der Waals surface area contributed by atoms with Crippen LogP contribution in [0.25, 0.3) is 0 Å². The van der Waals surface area contributed by atoms with E-state index in [1.807, 2.05) is 0 Å². The van der Waals surface area contributed by atoms with Gasteiger partial charge in [0.25, 0.3) is 0 Å². The normalized spacial score (nSPS) is 5.45. The fourth-order valence-electron chi connectivity index (χ4n) is 0. The summed E-state index contributed by atoms with van der Waals surface area (Å²) < 4.78 is 0. The van der Waals surface area contributed by atoms with Crippen LogP contribution >= 0.6 is 0 Å². The minimum atomic E-state index is 0. The van der Waals surface area contributed by atoms with Gasteiger partial charge in [-0.2, -0.15) is 0 Å². The molecule has 0 atom stereocenters. The Bertz CT molecular complexity index is 28.1. The monoisotopic (exact) mass is 214 g/mol. The summed E-state index contributed by atoms with van der Waals surface area (Å²) in [6.45, 7) is 2.39. The molecule has 6 nitrogen and oxygen atoms in total. The quantitative estimate of drug-likeness (QED) is 0.346. The summed E-state index contributed by atoms with van der Waals surface area (Å²) in [5, 5.41) is 0. The Morgan fingerprint density at radius 3 is 0.636 bits per heavy atom.